The summed E-state index contributed by atoms with van der Waals surface area (Å²) in [4.78, 5) is 16.1. The Hall–Kier alpha value is -2.14. The summed E-state index contributed by atoms with van der Waals surface area (Å²) in [5.41, 5.74) is 1.02. The lowest BCUT2D eigenvalue weighted by molar-refractivity contribution is -0.121. The van der Waals surface area contributed by atoms with Gasteiger partial charge in [-0.1, -0.05) is 30.3 Å². The molecule has 0 saturated heterocycles. The number of aromatic nitrogens is 2. The molecule has 1 atom stereocenters. The number of fused-ring (bicyclic) bond motifs is 1. The predicted molar refractivity (Wildman–Crippen MR) is 74.0 cm³/mol. The first-order valence-corrected chi connectivity index (χ1v) is 6.73. The van der Waals surface area contributed by atoms with Crippen LogP contribution >= 0.6 is 0 Å². The second-order valence-corrected chi connectivity index (χ2v) is 4.90. The number of benzene rings is 1. The van der Waals surface area contributed by atoms with Gasteiger partial charge in [0.15, 0.2) is 0 Å². The van der Waals surface area contributed by atoms with Crippen LogP contribution in [0.25, 0.3) is 0 Å². The lowest BCUT2D eigenvalue weighted by atomic mass is 10.1. The van der Waals surface area contributed by atoms with E-state index in [0.29, 0.717) is 19.6 Å². The molecule has 2 aromatic rings. The van der Waals surface area contributed by atoms with Crippen molar-refractivity contribution in [1.29, 1.82) is 0 Å². The summed E-state index contributed by atoms with van der Waals surface area (Å²) in [5.74, 6) is 0.966. The van der Waals surface area contributed by atoms with E-state index >= 15 is 0 Å². The molecule has 0 saturated carbocycles. The average molecular weight is 271 g/mol. The van der Waals surface area contributed by atoms with Crippen molar-refractivity contribution in [1.82, 2.24) is 14.9 Å². The van der Waals surface area contributed by atoms with Gasteiger partial charge in [-0.3, -0.25) is 4.79 Å². The van der Waals surface area contributed by atoms with Crippen LogP contribution < -0.4 is 5.32 Å². The molecule has 104 valence electrons. The van der Waals surface area contributed by atoms with E-state index in [1.165, 1.54) is 0 Å². The molecule has 0 fully saturated rings. The number of nitrogens with zero attached hydrogens (tertiary/aromatic N) is 2. The van der Waals surface area contributed by atoms with Crippen molar-refractivity contribution in [2.45, 2.75) is 25.7 Å². The van der Waals surface area contributed by atoms with Crippen molar-refractivity contribution in [3.8, 4) is 0 Å². The minimum absolute atomic E-state index is 0.0106. The van der Waals surface area contributed by atoms with Gasteiger partial charge in [0, 0.05) is 18.9 Å². The topological polar surface area (TPSA) is 56.2 Å². The summed E-state index contributed by atoms with van der Waals surface area (Å²) in [6, 6.07) is 9.73. The zero-order chi connectivity index (χ0) is 13.8. The van der Waals surface area contributed by atoms with Gasteiger partial charge in [-0.2, -0.15) is 0 Å². The van der Waals surface area contributed by atoms with Crippen molar-refractivity contribution in [2.24, 2.45) is 0 Å². The van der Waals surface area contributed by atoms with E-state index in [2.05, 4.69) is 14.9 Å². The van der Waals surface area contributed by atoms with Crippen LogP contribution in [0, 0.1) is 0 Å². The summed E-state index contributed by atoms with van der Waals surface area (Å²) >= 11 is 0. The molecular formula is C15H17N3O2. The quantitative estimate of drug-likeness (QED) is 0.907. The number of hydrogen-bond donors (Lipinski definition) is 1. The van der Waals surface area contributed by atoms with Crippen molar-refractivity contribution in [2.75, 3.05) is 6.54 Å². The minimum atomic E-state index is 0.0106. The van der Waals surface area contributed by atoms with Crippen molar-refractivity contribution in [3.05, 3.63) is 54.1 Å². The maximum Gasteiger partial charge on any atom is 0.224 e. The Morgan fingerprint density at radius 3 is 3.10 bits per heavy atom. The van der Waals surface area contributed by atoms with Gasteiger partial charge in [0.05, 0.1) is 19.1 Å². The molecule has 0 radical (unpaired) electrons. The van der Waals surface area contributed by atoms with Gasteiger partial charge in [-0.15, -0.1) is 0 Å². The third-order valence-electron chi connectivity index (χ3n) is 3.38. The Morgan fingerprint density at radius 2 is 2.25 bits per heavy atom. The molecule has 2 heterocycles. The number of rotatable bonds is 4. The first kappa shape index (κ1) is 12.9. The molecule has 5 heteroatoms. The fourth-order valence-corrected chi connectivity index (χ4v) is 2.31. The lowest BCUT2D eigenvalue weighted by Crippen LogP contribution is -2.39. The van der Waals surface area contributed by atoms with Crippen molar-refractivity contribution in [3.63, 3.8) is 0 Å². The molecule has 5 nitrogen and oxygen atoms in total. The number of nitrogens with one attached hydrogen (secondary N) is 1. The normalized spacial score (nSPS) is 17.5. The highest BCUT2D eigenvalue weighted by atomic mass is 16.5. The smallest absolute Gasteiger partial charge is 0.224 e. The summed E-state index contributed by atoms with van der Waals surface area (Å²) in [5, 5.41) is 2.93. The Kier molecular flexibility index (Phi) is 3.78. The minimum Gasteiger partial charge on any atom is -0.367 e. The van der Waals surface area contributed by atoms with E-state index in [1.807, 2.05) is 36.5 Å². The van der Waals surface area contributed by atoms with Crippen LogP contribution in [0.5, 0.6) is 0 Å². The van der Waals surface area contributed by atoms with Crippen molar-refractivity contribution >= 4 is 5.91 Å². The average Bonchev–Trinajstić information content (AvgIpc) is 2.93. The Morgan fingerprint density at radius 1 is 1.40 bits per heavy atom. The number of imidazole rings is 1. The third kappa shape index (κ3) is 3.05. The SMILES string of the molecule is O=C(Cc1ccccc1)NC[C@H]1Cn2ccnc2CO1. The molecular weight excluding hydrogens is 254 g/mol. The van der Waals surface area contributed by atoms with E-state index in [9.17, 15) is 4.79 Å². The predicted octanol–water partition coefficient (Wildman–Crippen LogP) is 1.14. The molecule has 1 aromatic carbocycles. The van der Waals surface area contributed by atoms with Gasteiger partial charge in [0.25, 0.3) is 0 Å². The Bertz CT molecular complexity index is 580. The molecule has 20 heavy (non-hydrogen) atoms. The van der Waals surface area contributed by atoms with Crippen LogP contribution in [0.4, 0.5) is 0 Å². The molecule has 1 N–H and O–H groups in total. The molecule has 0 bridgehead atoms. The van der Waals surface area contributed by atoms with E-state index < -0.39 is 0 Å². The first-order valence-electron chi connectivity index (χ1n) is 6.73. The fourth-order valence-electron chi connectivity index (χ4n) is 2.31. The van der Waals surface area contributed by atoms with E-state index in [1.54, 1.807) is 6.20 Å². The molecule has 1 amide bonds. The van der Waals surface area contributed by atoms with E-state index in [4.69, 9.17) is 4.74 Å². The van der Waals surface area contributed by atoms with Crippen LogP contribution in [0.3, 0.4) is 0 Å². The monoisotopic (exact) mass is 271 g/mol. The number of ether oxygens (including phenoxy) is 1. The van der Waals surface area contributed by atoms with Gasteiger partial charge in [0.2, 0.25) is 5.91 Å². The summed E-state index contributed by atoms with van der Waals surface area (Å²) in [7, 11) is 0. The molecule has 0 unspecified atom stereocenters. The van der Waals surface area contributed by atoms with Crippen LogP contribution in [0.1, 0.15) is 11.4 Å². The van der Waals surface area contributed by atoms with Gasteiger partial charge in [-0.25, -0.2) is 4.98 Å². The van der Waals surface area contributed by atoms with Crippen LogP contribution in [0.15, 0.2) is 42.7 Å². The second-order valence-electron chi connectivity index (χ2n) is 4.90. The molecule has 0 aliphatic carbocycles. The van der Waals surface area contributed by atoms with Crippen LogP contribution in [-0.4, -0.2) is 28.1 Å². The summed E-state index contributed by atoms with van der Waals surface area (Å²) in [6.45, 7) is 1.77. The molecule has 1 aliphatic heterocycles. The summed E-state index contributed by atoms with van der Waals surface area (Å²) in [6.07, 6.45) is 4.13. The largest absolute Gasteiger partial charge is 0.367 e. The van der Waals surface area contributed by atoms with E-state index in [-0.39, 0.29) is 12.0 Å². The van der Waals surface area contributed by atoms with Gasteiger partial charge in [-0.05, 0) is 5.56 Å². The summed E-state index contributed by atoms with van der Waals surface area (Å²) < 4.78 is 7.73. The fraction of sp³-hybridized carbons (Fsp3) is 0.333. The molecule has 0 spiro atoms. The molecule has 1 aromatic heterocycles. The highest BCUT2D eigenvalue weighted by Gasteiger charge is 2.19. The van der Waals surface area contributed by atoms with E-state index in [0.717, 1.165) is 17.9 Å². The molecule has 1 aliphatic rings. The van der Waals surface area contributed by atoms with Crippen molar-refractivity contribution < 1.29 is 9.53 Å². The number of carbonyl (C=O) groups is 1. The standard InChI is InChI=1S/C15H17N3O2/c19-15(8-12-4-2-1-3-5-12)17-9-13-10-18-7-6-16-14(18)11-20-13/h1-7,13H,8-11H2,(H,17,19)/t13-/m0/s1. The van der Waals surface area contributed by atoms with Gasteiger partial charge >= 0.3 is 0 Å². The number of carbonyl (C=O) groups excluding carboxylic acids is 1. The maximum absolute atomic E-state index is 11.9. The zero-order valence-corrected chi connectivity index (χ0v) is 11.2. The lowest BCUT2D eigenvalue weighted by Gasteiger charge is -2.24. The third-order valence-corrected chi connectivity index (χ3v) is 3.38. The van der Waals surface area contributed by atoms with Gasteiger partial charge < -0.3 is 14.6 Å². The van der Waals surface area contributed by atoms with Gasteiger partial charge in [0.1, 0.15) is 12.4 Å². The highest BCUT2D eigenvalue weighted by Crippen LogP contribution is 2.11. The van der Waals surface area contributed by atoms with Crippen LogP contribution in [-0.2, 0) is 29.1 Å². The van der Waals surface area contributed by atoms with Crippen LogP contribution in [0.2, 0.25) is 0 Å². The maximum atomic E-state index is 11.9. The first-order chi connectivity index (χ1) is 9.81. The second kappa shape index (κ2) is 5.88. The Labute approximate surface area is 117 Å². The molecule has 3 rings (SSSR count). The Balaban J connectivity index is 1.47. The number of hydrogen-bond acceptors (Lipinski definition) is 3. The highest BCUT2D eigenvalue weighted by molar-refractivity contribution is 5.78. The zero-order valence-electron chi connectivity index (χ0n) is 11.2. The number of amides is 1.